The van der Waals surface area contributed by atoms with Gasteiger partial charge in [-0.3, -0.25) is 4.79 Å². The molecule has 0 bridgehead atoms. The average Bonchev–Trinajstić information content (AvgIpc) is 3.01. The average molecular weight is 294 g/mol. The third-order valence-electron chi connectivity index (χ3n) is 3.36. The second kappa shape index (κ2) is 5.73. The Morgan fingerprint density at radius 1 is 1.05 bits per heavy atom. The molecule has 0 aliphatic heterocycles. The number of amides is 1. The molecular weight excluding hydrogens is 280 g/mol. The summed E-state index contributed by atoms with van der Waals surface area (Å²) in [6.07, 6.45) is 1.83. The molecule has 0 saturated carbocycles. The van der Waals surface area contributed by atoms with Crippen LogP contribution in [0.4, 0.5) is 5.69 Å². The van der Waals surface area contributed by atoms with Gasteiger partial charge in [0.15, 0.2) is 0 Å². The number of ether oxygens (including phenoxy) is 1. The zero-order valence-electron chi connectivity index (χ0n) is 11.9. The van der Waals surface area contributed by atoms with Gasteiger partial charge in [0.2, 0.25) is 0 Å². The summed E-state index contributed by atoms with van der Waals surface area (Å²) in [5.41, 5.74) is 2.37. The predicted molar refractivity (Wildman–Crippen MR) is 84.0 cm³/mol. The van der Waals surface area contributed by atoms with Gasteiger partial charge in [0, 0.05) is 23.0 Å². The fraction of sp³-hybridized carbons (Fsp3) is 0.0588. The van der Waals surface area contributed by atoms with E-state index in [-0.39, 0.29) is 5.91 Å². The minimum absolute atomic E-state index is 0.237. The molecule has 5 nitrogen and oxygen atoms in total. The van der Waals surface area contributed by atoms with Gasteiger partial charge in [0.1, 0.15) is 0 Å². The van der Waals surface area contributed by atoms with Crippen LogP contribution in [-0.4, -0.2) is 24.0 Å². The van der Waals surface area contributed by atoms with Crippen LogP contribution in [0, 0.1) is 0 Å². The van der Waals surface area contributed by atoms with Crippen molar-refractivity contribution in [2.45, 2.75) is 0 Å². The highest BCUT2D eigenvalue weighted by atomic mass is 16.5. The first-order valence-electron chi connectivity index (χ1n) is 6.74. The SMILES string of the molecule is COC(=O)c1cccc(NC(=O)c2ccc3cc[nH]c3c2)c1. The number of nitrogens with one attached hydrogen (secondary N) is 2. The number of hydrogen-bond acceptors (Lipinski definition) is 3. The topological polar surface area (TPSA) is 71.2 Å². The van der Waals surface area contributed by atoms with E-state index in [0.717, 1.165) is 10.9 Å². The number of aromatic amines is 1. The van der Waals surface area contributed by atoms with Crippen LogP contribution in [0.15, 0.2) is 54.7 Å². The lowest BCUT2D eigenvalue weighted by molar-refractivity contribution is 0.0600. The van der Waals surface area contributed by atoms with Gasteiger partial charge >= 0.3 is 5.97 Å². The number of benzene rings is 2. The van der Waals surface area contributed by atoms with Crippen molar-refractivity contribution in [3.05, 3.63) is 65.9 Å². The highest BCUT2D eigenvalue weighted by Crippen LogP contribution is 2.17. The van der Waals surface area contributed by atoms with Crippen molar-refractivity contribution in [3.63, 3.8) is 0 Å². The van der Waals surface area contributed by atoms with Gasteiger partial charge in [-0.1, -0.05) is 12.1 Å². The first-order chi connectivity index (χ1) is 10.7. The molecule has 0 saturated heterocycles. The Bertz CT molecular complexity index is 852. The molecule has 1 heterocycles. The fourth-order valence-corrected chi connectivity index (χ4v) is 2.23. The molecule has 1 amide bonds. The molecule has 3 aromatic rings. The number of carbonyl (C=O) groups is 2. The summed E-state index contributed by atoms with van der Waals surface area (Å²) in [7, 11) is 1.32. The van der Waals surface area contributed by atoms with Crippen LogP contribution in [0.2, 0.25) is 0 Å². The van der Waals surface area contributed by atoms with E-state index >= 15 is 0 Å². The summed E-state index contributed by atoms with van der Waals surface area (Å²) in [6.45, 7) is 0. The standard InChI is InChI=1S/C17H14N2O3/c1-22-17(21)13-3-2-4-14(9-13)19-16(20)12-6-5-11-7-8-18-15(11)10-12/h2-10,18H,1H3,(H,19,20). The number of methoxy groups -OCH3 is 1. The normalized spacial score (nSPS) is 10.4. The van der Waals surface area contributed by atoms with Crippen LogP contribution in [0.25, 0.3) is 10.9 Å². The maximum Gasteiger partial charge on any atom is 0.337 e. The van der Waals surface area contributed by atoms with Crippen molar-refractivity contribution >= 4 is 28.5 Å². The van der Waals surface area contributed by atoms with E-state index < -0.39 is 5.97 Å². The van der Waals surface area contributed by atoms with E-state index in [9.17, 15) is 9.59 Å². The molecule has 1 aromatic heterocycles. The molecule has 0 spiro atoms. The number of H-pyrrole nitrogens is 1. The summed E-state index contributed by atoms with van der Waals surface area (Å²) >= 11 is 0. The van der Waals surface area contributed by atoms with Gasteiger partial charge in [-0.05, 0) is 41.8 Å². The van der Waals surface area contributed by atoms with Gasteiger partial charge in [-0.25, -0.2) is 4.79 Å². The maximum atomic E-state index is 12.3. The lowest BCUT2D eigenvalue weighted by atomic mass is 10.1. The van der Waals surface area contributed by atoms with Gasteiger partial charge < -0.3 is 15.0 Å². The number of rotatable bonds is 3. The van der Waals surface area contributed by atoms with E-state index in [2.05, 4.69) is 15.0 Å². The van der Waals surface area contributed by atoms with Crippen LogP contribution in [-0.2, 0) is 4.74 Å². The molecule has 0 unspecified atom stereocenters. The fourth-order valence-electron chi connectivity index (χ4n) is 2.23. The first kappa shape index (κ1) is 13.9. The first-order valence-corrected chi connectivity index (χ1v) is 6.74. The van der Waals surface area contributed by atoms with Crippen LogP contribution in [0.5, 0.6) is 0 Å². The van der Waals surface area contributed by atoms with Gasteiger partial charge in [-0.2, -0.15) is 0 Å². The van der Waals surface area contributed by atoms with Crippen molar-refractivity contribution in [1.82, 2.24) is 4.98 Å². The smallest absolute Gasteiger partial charge is 0.337 e. The summed E-state index contributed by atoms with van der Waals surface area (Å²) in [4.78, 5) is 26.9. The number of hydrogen-bond donors (Lipinski definition) is 2. The lowest BCUT2D eigenvalue weighted by Gasteiger charge is -2.07. The highest BCUT2D eigenvalue weighted by Gasteiger charge is 2.10. The summed E-state index contributed by atoms with van der Waals surface area (Å²) < 4.78 is 4.66. The van der Waals surface area contributed by atoms with E-state index in [4.69, 9.17) is 0 Å². The lowest BCUT2D eigenvalue weighted by Crippen LogP contribution is -2.12. The minimum Gasteiger partial charge on any atom is -0.465 e. The molecule has 0 fully saturated rings. The monoisotopic (exact) mass is 294 g/mol. The van der Waals surface area contributed by atoms with Gasteiger partial charge in [0.05, 0.1) is 12.7 Å². The molecular formula is C17H14N2O3. The van der Waals surface area contributed by atoms with E-state index in [0.29, 0.717) is 16.8 Å². The van der Waals surface area contributed by atoms with Crippen LogP contribution >= 0.6 is 0 Å². The Labute approximate surface area is 126 Å². The molecule has 3 rings (SSSR count). The maximum absolute atomic E-state index is 12.3. The quantitative estimate of drug-likeness (QED) is 0.729. The third kappa shape index (κ3) is 2.69. The van der Waals surface area contributed by atoms with Crippen LogP contribution in [0.3, 0.4) is 0 Å². The number of esters is 1. The molecule has 22 heavy (non-hydrogen) atoms. The second-order valence-corrected chi connectivity index (χ2v) is 4.81. The van der Waals surface area contributed by atoms with Crippen molar-refractivity contribution in [1.29, 1.82) is 0 Å². The zero-order chi connectivity index (χ0) is 15.5. The predicted octanol–water partition coefficient (Wildman–Crippen LogP) is 3.21. The van der Waals surface area contributed by atoms with Crippen molar-refractivity contribution in [2.24, 2.45) is 0 Å². The Hall–Kier alpha value is -3.08. The molecule has 0 atom stereocenters. The third-order valence-corrected chi connectivity index (χ3v) is 3.36. The molecule has 2 aromatic carbocycles. The number of fused-ring (bicyclic) bond motifs is 1. The van der Waals surface area contributed by atoms with E-state index in [1.165, 1.54) is 7.11 Å². The molecule has 110 valence electrons. The summed E-state index contributed by atoms with van der Waals surface area (Å²) in [5.74, 6) is -0.678. The number of anilines is 1. The van der Waals surface area contributed by atoms with Crippen molar-refractivity contribution in [3.8, 4) is 0 Å². The molecule has 5 heteroatoms. The summed E-state index contributed by atoms with van der Waals surface area (Å²) in [6, 6.07) is 14.0. The van der Waals surface area contributed by atoms with Crippen molar-refractivity contribution < 1.29 is 14.3 Å². The largest absolute Gasteiger partial charge is 0.465 e. The van der Waals surface area contributed by atoms with Gasteiger partial charge in [-0.15, -0.1) is 0 Å². The Morgan fingerprint density at radius 2 is 1.91 bits per heavy atom. The zero-order valence-corrected chi connectivity index (χ0v) is 11.9. The molecule has 0 radical (unpaired) electrons. The number of aromatic nitrogens is 1. The molecule has 2 N–H and O–H groups in total. The second-order valence-electron chi connectivity index (χ2n) is 4.81. The molecule has 0 aliphatic rings. The van der Waals surface area contributed by atoms with E-state index in [1.807, 2.05) is 18.3 Å². The Morgan fingerprint density at radius 3 is 2.73 bits per heavy atom. The van der Waals surface area contributed by atoms with Crippen molar-refractivity contribution in [2.75, 3.05) is 12.4 Å². The summed E-state index contributed by atoms with van der Waals surface area (Å²) in [5, 5.41) is 3.82. The Balaban J connectivity index is 1.83. The van der Waals surface area contributed by atoms with E-state index in [1.54, 1.807) is 36.4 Å². The highest BCUT2D eigenvalue weighted by molar-refractivity contribution is 6.06. The van der Waals surface area contributed by atoms with Crippen LogP contribution < -0.4 is 5.32 Å². The number of carbonyl (C=O) groups excluding carboxylic acids is 2. The minimum atomic E-state index is -0.441. The van der Waals surface area contributed by atoms with Gasteiger partial charge in [0.25, 0.3) is 5.91 Å². The van der Waals surface area contributed by atoms with Crippen LogP contribution in [0.1, 0.15) is 20.7 Å². The molecule has 0 aliphatic carbocycles. The Kier molecular flexibility index (Phi) is 3.62.